The van der Waals surface area contributed by atoms with Gasteiger partial charge in [0.15, 0.2) is 5.17 Å². The number of alkyl halides is 1. The molecule has 142 valence electrons. The largest absolute Gasteiger partial charge is 0.279 e. The van der Waals surface area contributed by atoms with Gasteiger partial charge < -0.3 is 0 Å². The van der Waals surface area contributed by atoms with Crippen molar-refractivity contribution < 1.29 is 4.79 Å². The Hall–Kier alpha value is -1.89. The maximum atomic E-state index is 12.6. The highest BCUT2D eigenvalue weighted by Crippen LogP contribution is 2.52. The van der Waals surface area contributed by atoms with E-state index in [0.717, 1.165) is 10.6 Å². The molecule has 0 aromatic heterocycles. The third kappa shape index (κ3) is 2.86. The number of hydrazone groups is 1. The predicted octanol–water partition coefficient (Wildman–Crippen LogP) is 5.36. The minimum atomic E-state index is -0.544. The van der Waals surface area contributed by atoms with E-state index >= 15 is 0 Å². The van der Waals surface area contributed by atoms with Crippen molar-refractivity contribution in [3.8, 4) is 0 Å². The molecule has 0 spiro atoms. The van der Waals surface area contributed by atoms with E-state index in [9.17, 15) is 4.79 Å². The molecule has 7 heteroatoms. The van der Waals surface area contributed by atoms with Crippen molar-refractivity contribution >= 4 is 46.2 Å². The molecule has 1 amide bonds. The van der Waals surface area contributed by atoms with E-state index in [1.54, 1.807) is 16.7 Å². The fourth-order valence-corrected chi connectivity index (χ4v) is 6.12. The van der Waals surface area contributed by atoms with Crippen LogP contribution in [0.3, 0.4) is 0 Å². The summed E-state index contributed by atoms with van der Waals surface area (Å²) in [5.74, 6) is -0.0835. The number of likely N-dealkylation sites (tertiary alicyclic amines) is 1. The molecule has 3 atom stereocenters. The molecule has 1 saturated heterocycles. The summed E-state index contributed by atoms with van der Waals surface area (Å²) in [6.45, 7) is 4.13. The number of carbonyl (C=O) groups excluding carboxylic acids is 1. The molecule has 4 nitrogen and oxygen atoms in total. The second-order valence-electron chi connectivity index (χ2n) is 7.15. The van der Waals surface area contributed by atoms with Crippen molar-refractivity contribution in [1.82, 2.24) is 9.91 Å². The highest BCUT2D eigenvalue weighted by molar-refractivity contribution is 8.18. The molecule has 28 heavy (non-hydrogen) atoms. The maximum Gasteiger partial charge on any atom is 0.249 e. The zero-order valence-electron chi connectivity index (χ0n) is 15.4. The summed E-state index contributed by atoms with van der Waals surface area (Å²) < 4.78 is 0. The molecule has 3 aliphatic rings. The number of β-lactam (4-membered cyclic amide) rings is 1. The van der Waals surface area contributed by atoms with Gasteiger partial charge in [-0.2, -0.15) is 0 Å². The predicted molar refractivity (Wildman–Crippen MR) is 117 cm³/mol. The summed E-state index contributed by atoms with van der Waals surface area (Å²) in [5, 5.41) is 10.2. The molecule has 0 radical (unpaired) electrons. The van der Waals surface area contributed by atoms with Crippen LogP contribution in [0.25, 0.3) is 0 Å². The van der Waals surface area contributed by atoms with Crippen LogP contribution in [0.2, 0.25) is 0 Å². The highest BCUT2D eigenvalue weighted by Gasteiger charge is 2.52. The fraction of sp³-hybridized carbons (Fsp3) is 0.238. The normalized spacial score (nSPS) is 26.1. The first-order valence-electron chi connectivity index (χ1n) is 9.04. The molecular weight excluding hydrogens is 410 g/mol. The number of fused-ring (bicyclic) bond motifs is 1. The van der Waals surface area contributed by atoms with Crippen LogP contribution in [0.5, 0.6) is 0 Å². The van der Waals surface area contributed by atoms with Gasteiger partial charge in [-0.25, -0.2) is 5.01 Å². The first-order valence-corrected chi connectivity index (χ1v) is 11.2. The minimum Gasteiger partial charge on any atom is -0.279 e. The quantitative estimate of drug-likeness (QED) is 0.477. The lowest BCUT2D eigenvalue weighted by Crippen LogP contribution is -2.57. The lowest BCUT2D eigenvalue weighted by Gasteiger charge is -2.43. The Morgan fingerprint density at radius 3 is 2.21 bits per heavy atom. The number of amides is 1. The van der Waals surface area contributed by atoms with E-state index in [1.165, 1.54) is 28.5 Å². The van der Waals surface area contributed by atoms with Crippen LogP contribution in [0.15, 0.2) is 64.1 Å². The Kier molecular flexibility index (Phi) is 4.45. The number of rotatable bonds is 2. The number of thioether (sulfide) groups is 2. The Balaban J connectivity index is 1.42. The first kappa shape index (κ1) is 18.2. The van der Waals surface area contributed by atoms with E-state index < -0.39 is 5.38 Å². The summed E-state index contributed by atoms with van der Waals surface area (Å²) >= 11 is 9.66. The van der Waals surface area contributed by atoms with Crippen molar-refractivity contribution in [2.45, 2.75) is 30.6 Å². The van der Waals surface area contributed by atoms with Gasteiger partial charge in [0, 0.05) is 5.41 Å². The van der Waals surface area contributed by atoms with Gasteiger partial charge in [-0.1, -0.05) is 71.4 Å². The summed E-state index contributed by atoms with van der Waals surface area (Å²) in [5.41, 5.74) is 4.66. The van der Waals surface area contributed by atoms with Crippen LogP contribution in [-0.4, -0.2) is 26.4 Å². The molecule has 2 aromatic carbocycles. The van der Waals surface area contributed by atoms with Crippen molar-refractivity contribution in [2.24, 2.45) is 5.10 Å². The molecule has 0 saturated carbocycles. The summed E-state index contributed by atoms with van der Waals surface area (Å²) in [6, 6.07) is 16.5. The van der Waals surface area contributed by atoms with Crippen LogP contribution in [0, 0.1) is 13.8 Å². The molecule has 0 N–H and O–H groups in total. The Morgan fingerprint density at radius 2 is 1.57 bits per heavy atom. The molecule has 3 heterocycles. The molecule has 1 fully saturated rings. The van der Waals surface area contributed by atoms with Crippen LogP contribution in [0.1, 0.15) is 33.7 Å². The molecule has 0 aliphatic carbocycles. The lowest BCUT2D eigenvalue weighted by molar-refractivity contribution is -0.138. The van der Waals surface area contributed by atoms with Crippen LogP contribution < -0.4 is 0 Å². The van der Waals surface area contributed by atoms with Crippen molar-refractivity contribution in [3.63, 3.8) is 0 Å². The number of carbonyl (C=O) groups is 1. The summed E-state index contributed by atoms with van der Waals surface area (Å²) in [6.07, 6.45) is 0. The van der Waals surface area contributed by atoms with E-state index in [-0.39, 0.29) is 17.3 Å². The third-order valence-electron chi connectivity index (χ3n) is 5.15. The Morgan fingerprint density at radius 1 is 0.964 bits per heavy atom. The number of aryl methyl sites for hydroxylation is 2. The van der Waals surface area contributed by atoms with E-state index in [0.29, 0.717) is 5.17 Å². The number of hydrogen-bond acceptors (Lipinski definition) is 5. The average Bonchev–Trinajstić information content (AvgIpc) is 3.27. The second kappa shape index (κ2) is 6.87. The summed E-state index contributed by atoms with van der Waals surface area (Å²) in [4.78, 5) is 14.3. The SMILES string of the molecule is Cc1ccc(C2SC=C3SC(N4C(=O)C(Cl)C4c4ccc(C)cc4)=NN32)cc1. The van der Waals surface area contributed by atoms with Crippen LogP contribution in [0.4, 0.5) is 0 Å². The van der Waals surface area contributed by atoms with E-state index in [2.05, 4.69) is 36.6 Å². The molecular formula is C21H18ClN3OS2. The first-order chi connectivity index (χ1) is 13.5. The average molecular weight is 428 g/mol. The number of benzene rings is 2. The van der Waals surface area contributed by atoms with Gasteiger partial charge in [-0.15, -0.1) is 16.7 Å². The number of hydrogen-bond donors (Lipinski definition) is 0. The van der Waals surface area contributed by atoms with Crippen molar-refractivity contribution in [2.75, 3.05) is 0 Å². The fourth-order valence-electron chi connectivity index (χ4n) is 3.53. The van der Waals surface area contributed by atoms with Crippen LogP contribution >= 0.6 is 35.1 Å². The maximum absolute atomic E-state index is 12.6. The van der Waals surface area contributed by atoms with Gasteiger partial charge in [0.05, 0.1) is 6.04 Å². The van der Waals surface area contributed by atoms with E-state index in [1.807, 2.05) is 36.2 Å². The molecule has 2 aromatic rings. The molecule has 3 aliphatic heterocycles. The van der Waals surface area contributed by atoms with Crippen molar-refractivity contribution in [1.29, 1.82) is 0 Å². The van der Waals surface area contributed by atoms with Gasteiger partial charge in [0.25, 0.3) is 0 Å². The zero-order valence-corrected chi connectivity index (χ0v) is 17.8. The highest BCUT2D eigenvalue weighted by atomic mass is 35.5. The smallest absolute Gasteiger partial charge is 0.249 e. The molecule has 3 unspecified atom stereocenters. The van der Waals surface area contributed by atoms with Gasteiger partial charge in [-0.05, 0) is 36.7 Å². The molecule has 5 rings (SSSR count). The zero-order chi connectivity index (χ0) is 19.4. The van der Waals surface area contributed by atoms with Gasteiger partial charge in [0.2, 0.25) is 5.91 Å². The Bertz CT molecular complexity index is 1000. The van der Waals surface area contributed by atoms with Gasteiger partial charge in [0.1, 0.15) is 15.8 Å². The monoisotopic (exact) mass is 427 g/mol. The van der Waals surface area contributed by atoms with Gasteiger partial charge >= 0.3 is 0 Å². The Labute approximate surface area is 177 Å². The standard InChI is InChI=1S/C21H18ClN3OS2/c1-12-3-7-14(8-4-12)18-17(22)19(26)24(18)21-23-25-16(28-21)11-27-20(25)15-9-5-13(2)6-10-15/h3-11,17-18,20H,1-2H3. The number of nitrogens with zero attached hydrogens (tertiary/aromatic N) is 3. The summed E-state index contributed by atoms with van der Waals surface area (Å²) in [7, 11) is 0. The molecule has 0 bridgehead atoms. The minimum absolute atomic E-state index is 0.0835. The lowest BCUT2D eigenvalue weighted by atomic mass is 9.93. The third-order valence-corrected chi connectivity index (χ3v) is 7.79. The topological polar surface area (TPSA) is 35.9 Å². The van der Waals surface area contributed by atoms with Gasteiger partial charge in [-0.3, -0.25) is 9.69 Å². The second-order valence-corrected chi connectivity index (χ2v) is 9.56. The number of halogens is 1. The van der Waals surface area contributed by atoms with Crippen LogP contribution in [-0.2, 0) is 4.79 Å². The van der Waals surface area contributed by atoms with Crippen molar-refractivity contribution in [3.05, 3.63) is 81.2 Å². The van der Waals surface area contributed by atoms with E-state index in [4.69, 9.17) is 16.7 Å². The number of amidine groups is 1.